The predicted octanol–water partition coefficient (Wildman–Crippen LogP) is 1.18. The lowest BCUT2D eigenvalue weighted by Gasteiger charge is -2.15. The summed E-state index contributed by atoms with van der Waals surface area (Å²) in [5, 5.41) is 16.3. The van der Waals surface area contributed by atoms with Crippen molar-refractivity contribution in [1.29, 1.82) is 0 Å². The number of unbranched alkanes of at least 4 members (excludes halogenated alkanes) is 1. The number of nitrogens with one attached hydrogen (secondary N) is 2. The van der Waals surface area contributed by atoms with E-state index in [9.17, 15) is 10.1 Å². The molecule has 3 unspecified atom stereocenters. The van der Waals surface area contributed by atoms with E-state index in [0.717, 1.165) is 18.0 Å². The van der Waals surface area contributed by atoms with Gasteiger partial charge in [0.15, 0.2) is 6.29 Å². The molecule has 0 amide bonds. The van der Waals surface area contributed by atoms with Gasteiger partial charge in [-0.15, -0.1) is 0 Å². The number of nitro groups is 1. The fourth-order valence-electron chi connectivity index (χ4n) is 2.90. The minimum absolute atomic E-state index is 0.00982. The van der Waals surface area contributed by atoms with Gasteiger partial charge in [0, 0.05) is 29.5 Å². The van der Waals surface area contributed by atoms with Crippen LogP contribution in [0.2, 0.25) is 0 Å². The predicted molar refractivity (Wildman–Crippen MR) is 80.1 cm³/mol. The van der Waals surface area contributed by atoms with Crippen LogP contribution in [0.3, 0.4) is 0 Å². The molecule has 1 aliphatic carbocycles. The Labute approximate surface area is 123 Å². The molecule has 7 nitrogen and oxygen atoms in total. The first kappa shape index (κ1) is 14.2. The zero-order chi connectivity index (χ0) is 14.8. The minimum atomic E-state index is -0.605. The number of fused-ring (bicyclic) bond motifs is 1. The summed E-state index contributed by atoms with van der Waals surface area (Å²) in [4.78, 5) is 15.1. The van der Waals surface area contributed by atoms with E-state index in [1.807, 2.05) is 6.08 Å². The molecular formula is C14H21N5O2. The van der Waals surface area contributed by atoms with Gasteiger partial charge in [0.25, 0.3) is 0 Å². The van der Waals surface area contributed by atoms with Crippen LogP contribution in [0.1, 0.15) is 32.6 Å². The maximum absolute atomic E-state index is 10.7. The van der Waals surface area contributed by atoms with E-state index in [-0.39, 0.29) is 11.2 Å². The first-order valence-corrected chi connectivity index (χ1v) is 7.56. The van der Waals surface area contributed by atoms with Gasteiger partial charge in [-0.05, 0) is 18.6 Å². The van der Waals surface area contributed by atoms with Gasteiger partial charge >= 0.3 is 0 Å². The highest BCUT2D eigenvalue weighted by Gasteiger charge is 2.36. The molecule has 0 saturated carbocycles. The van der Waals surface area contributed by atoms with E-state index < -0.39 is 6.04 Å². The Morgan fingerprint density at radius 3 is 3.05 bits per heavy atom. The van der Waals surface area contributed by atoms with Gasteiger partial charge in [-0.3, -0.25) is 20.9 Å². The quantitative estimate of drug-likeness (QED) is 0.587. The first-order chi connectivity index (χ1) is 10.2. The van der Waals surface area contributed by atoms with Crippen molar-refractivity contribution in [2.75, 3.05) is 6.54 Å². The second-order valence-corrected chi connectivity index (χ2v) is 5.73. The molecule has 21 heavy (non-hydrogen) atoms. The summed E-state index contributed by atoms with van der Waals surface area (Å²) in [6.45, 7) is 3.14. The van der Waals surface area contributed by atoms with E-state index in [1.54, 1.807) is 12.2 Å². The van der Waals surface area contributed by atoms with Crippen molar-refractivity contribution in [1.82, 2.24) is 15.8 Å². The van der Waals surface area contributed by atoms with Crippen LogP contribution in [0, 0.1) is 10.1 Å². The molecule has 2 aliphatic heterocycles. The van der Waals surface area contributed by atoms with Crippen molar-refractivity contribution < 1.29 is 4.92 Å². The van der Waals surface area contributed by atoms with Crippen molar-refractivity contribution in [2.24, 2.45) is 4.99 Å². The molecule has 0 aromatic rings. The highest BCUT2D eigenvalue weighted by molar-refractivity contribution is 6.01. The Morgan fingerprint density at radius 2 is 2.43 bits per heavy atom. The molecule has 114 valence electrons. The van der Waals surface area contributed by atoms with Gasteiger partial charge in [0.1, 0.15) is 5.84 Å². The monoisotopic (exact) mass is 291 g/mol. The summed E-state index contributed by atoms with van der Waals surface area (Å²) in [5.41, 5.74) is 4.24. The maximum Gasteiger partial charge on any atom is 0.235 e. The number of rotatable bonds is 5. The number of nitrogens with zero attached hydrogens (tertiary/aromatic N) is 3. The minimum Gasteiger partial charge on any atom is -0.300 e. The van der Waals surface area contributed by atoms with Crippen LogP contribution in [0.15, 0.2) is 28.8 Å². The van der Waals surface area contributed by atoms with Gasteiger partial charge in [-0.2, -0.15) is 5.01 Å². The van der Waals surface area contributed by atoms with Crippen molar-refractivity contribution in [3.05, 3.63) is 33.9 Å². The SMILES string of the molecule is CCCCC1CN2NC(C3=CCC([N+](=O)[O-])C=C3)=NC2N1. The topological polar surface area (TPSA) is 82.8 Å². The fourth-order valence-corrected chi connectivity index (χ4v) is 2.90. The Bertz CT molecular complexity index is 513. The van der Waals surface area contributed by atoms with Crippen LogP contribution in [-0.2, 0) is 0 Å². The number of aliphatic imine (C=N–C) groups is 1. The smallest absolute Gasteiger partial charge is 0.235 e. The Morgan fingerprint density at radius 1 is 1.57 bits per heavy atom. The molecule has 0 radical (unpaired) electrons. The lowest BCUT2D eigenvalue weighted by molar-refractivity contribution is -0.508. The number of hydrogen-bond acceptors (Lipinski definition) is 6. The van der Waals surface area contributed by atoms with Crippen LogP contribution >= 0.6 is 0 Å². The largest absolute Gasteiger partial charge is 0.300 e. The van der Waals surface area contributed by atoms with Crippen LogP contribution in [0.4, 0.5) is 0 Å². The fraction of sp³-hybridized carbons (Fsp3) is 0.643. The van der Waals surface area contributed by atoms with Gasteiger partial charge in [0.2, 0.25) is 6.04 Å². The van der Waals surface area contributed by atoms with E-state index in [4.69, 9.17) is 0 Å². The molecule has 0 spiro atoms. The Kier molecular flexibility index (Phi) is 4.03. The molecule has 3 aliphatic rings. The van der Waals surface area contributed by atoms with Gasteiger partial charge in [-0.25, -0.2) is 4.99 Å². The van der Waals surface area contributed by atoms with Gasteiger partial charge in [-0.1, -0.05) is 25.8 Å². The molecule has 0 aromatic carbocycles. The maximum atomic E-state index is 10.7. The second-order valence-electron chi connectivity index (χ2n) is 5.73. The summed E-state index contributed by atoms with van der Waals surface area (Å²) in [6.07, 6.45) is 9.34. The zero-order valence-electron chi connectivity index (χ0n) is 12.2. The standard InChI is InChI=1S/C14H21N5O2/c1-2-3-4-11-9-18-14(15-11)16-13(17-18)10-5-7-12(8-6-10)19(20)21/h5-7,11-12,14-15H,2-4,8-9H2,1H3,(H,16,17). The number of hydrogen-bond donors (Lipinski definition) is 2. The summed E-state index contributed by atoms with van der Waals surface area (Å²) >= 11 is 0. The first-order valence-electron chi connectivity index (χ1n) is 7.56. The van der Waals surface area contributed by atoms with Crippen molar-refractivity contribution in [2.45, 2.75) is 51.0 Å². The van der Waals surface area contributed by atoms with Crippen molar-refractivity contribution in [3.63, 3.8) is 0 Å². The van der Waals surface area contributed by atoms with Crippen LogP contribution in [-0.4, -0.2) is 40.7 Å². The third-order valence-electron chi connectivity index (χ3n) is 4.13. The summed E-state index contributed by atoms with van der Waals surface area (Å²) in [5.74, 6) is 0.805. The molecule has 3 rings (SSSR count). The third-order valence-corrected chi connectivity index (χ3v) is 4.13. The van der Waals surface area contributed by atoms with Crippen LogP contribution in [0.25, 0.3) is 0 Å². The van der Waals surface area contributed by atoms with Crippen LogP contribution in [0.5, 0.6) is 0 Å². The Balaban J connectivity index is 1.59. The lowest BCUT2D eigenvalue weighted by Crippen LogP contribution is -2.39. The average molecular weight is 291 g/mol. The van der Waals surface area contributed by atoms with E-state index in [2.05, 4.69) is 27.7 Å². The molecule has 2 heterocycles. The molecular weight excluding hydrogens is 270 g/mol. The number of amidine groups is 1. The molecule has 7 heteroatoms. The van der Waals surface area contributed by atoms with Crippen molar-refractivity contribution >= 4 is 5.84 Å². The third kappa shape index (κ3) is 2.98. The van der Waals surface area contributed by atoms with E-state index >= 15 is 0 Å². The molecule has 3 atom stereocenters. The molecule has 2 N–H and O–H groups in total. The normalized spacial score (nSPS) is 31.6. The number of hydrazine groups is 1. The zero-order valence-corrected chi connectivity index (χ0v) is 12.2. The van der Waals surface area contributed by atoms with Gasteiger partial charge in [0.05, 0.1) is 0 Å². The molecule has 1 saturated heterocycles. The molecule has 0 aromatic heterocycles. The van der Waals surface area contributed by atoms with Crippen molar-refractivity contribution in [3.8, 4) is 0 Å². The molecule has 0 bridgehead atoms. The summed E-state index contributed by atoms with van der Waals surface area (Å²) in [6, 6.07) is -0.116. The lowest BCUT2D eigenvalue weighted by atomic mass is 10.0. The summed E-state index contributed by atoms with van der Waals surface area (Å²) in [7, 11) is 0. The summed E-state index contributed by atoms with van der Waals surface area (Å²) < 4.78 is 0. The Hall–Kier alpha value is -1.73. The highest BCUT2D eigenvalue weighted by atomic mass is 16.6. The van der Waals surface area contributed by atoms with E-state index in [1.165, 1.54) is 19.3 Å². The average Bonchev–Trinajstić information content (AvgIpc) is 3.03. The second kappa shape index (κ2) is 5.95. The van der Waals surface area contributed by atoms with Gasteiger partial charge < -0.3 is 0 Å². The van der Waals surface area contributed by atoms with E-state index in [0.29, 0.717) is 12.5 Å². The molecule has 1 fully saturated rings. The highest BCUT2D eigenvalue weighted by Crippen LogP contribution is 2.21. The van der Waals surface area contributed by atoms with Crippen LogP contribution < -0.4 is 10.7 Å².